The summed E-state index contributed by atoms with van der Waals surface area (Å²) in [6.07, 6.45) is 9.52. The molecule has 2 atom stereocenters. The summed E-state index contributed by atoms with van der Waals surface area (Å²) < 4.78 is 1.83. The van der Waals surface area contributed by atoms with Crippen molar-refractivity contribution in [2.45, 2.75) is 39.7 Å². The molecule has 0 aromatic carbocycles. The second-order valence-electron chi connectivity index (χ2n) is 7.15. The Kier molecular flexibility index (Phi) is 6.21. The Bertz CT molecular complexity index is 757. The number of carbonyl (C=O) groups is 2. The van der Waals surface area contributed by atoms with Crippen LogP contribution in [0.25, 0.3) is 5.82 Å². The Morgan fingerprint density at radius 3 is 2.89 bits per heavy atom. The minimum absolute atomic E-state index is 0.00957. The Hall–Kier alpha value is -2.70. The van der Waals surface area contributed by atoms with Crippen LogP contribution in [0.3, 0.4) is 0 Å². The molecule has 1 aliphatic heterocycles. The normalized spacial score (nSPS) is 18.1. The minimum Gasteiger partial charge on any atom is -0.352 e. The van der Waals surface area contributed by atoms with Crippen LogP contribution in [0.15, 0.2) is 37.1 Å². The molecular formula is C20H27N5O2. The van der Waals surface area contributed by atoms with E-state index in [1.807, 2.05) is 41.6 Å². The fourth-order valence-electron chi connectivity index (χ4n) is 3.28. The van der Waals surface area contributed by atoms with Crippen molar-refractivity contribution in [3.8, 4) is 5.82 Å². The summed E-state index contributed by atoms with van der Waals surface area (Å²) in [6, 6.07) is 3.85. The SMILES string of the molecule is CCC(C)C(=O)N1CCCC(C(=O)NCc2ccc(-n3ccnc3)nc2)C1. The van der Waals surface area contributed by atoms with Crippen molar-refractivity contribution in [1.29, 1.82) is 0 Å². The Morgan fingerprint density at radius 1 is 1.37 bits per heavy atom. The number of imidazole rings is 1. The van der Waals surface area contributed by atoms with Crippen LogP contribution in [0.1, 0.15) is 38.7 Å². The number of aromatic nitrogens is 3. The molecule has 0 spiro atoms. The molecule has 2 aromatic rings. The van der Waals surface area contributed by atoms with E-state index in [1.54, 1.807) is 18.7 Å². The quantitative estimate of drug-likeness (QED) is 0.846. The van der Waals surface area contributed by atoms with Gasteiger partial charge in [-0.25, -0.2) is 9.97 Å². The lowest BCUT2D eigenvalue weighted by Gasteiger charge is -2.33. The predicted octanol–water partition coefficient (Wildman–Crippen LogP) is 2.17. The van der Waals surface area contributed by atoms with E-state index in [-0.39, 0.29) is 23.7 Å². The van der Waals surface area contributed by atoms with E-state index in [0.717, 1.165) is 37.2 Å². The van der Waals surface area contributed by atoms with Crippen LogP contribution in [-0.4, -0.2) is 44.3 Å². The molecule has 3 heterocycles. The molecule has 144 valence electrons. The number of hydrogen-bond acceptors (Lipinski definition) is 4. The number of carbonyl (C=O) groups excluding carboxylic acids is 2. The molecule has 1 saturated heterocycles. The molecule has 27 heavy (non-hydrogen) atoms. The highest BCUT2D eigenvalue weighted by molar-refractivity contribution is 5.82. The van der Waals surface area contributed by atoms with Gasteiger partial charge in [-0.1, -0.05) is 19.9 Å². The van der Waals surface area contributed by atoms with Gasteiger partial charge in [0.1, 0.15) is 12.1 Å². The summed E-state index contributed by atoms with van der Waals surface area (Å²) in [4.78, 5) is 35.2. The monoisotopic (exact) mass is 369 g/mol. The number of likely N-dealkylation sites (tertiary alicyclic amines) is 1. The molecule has 3 rings (SSSR count). The van der Waals surface area contributed by atoms with E-state index in [1.165, 1.54) is 0 Å². The third kappa shape index (κ3) is 4.72. The maximum atomic E-state index is 12.6. The number of hydrogen-bond donors (Lipinski definition) is 1. The van der Waals surface area contributed by atoms with Crippen LogP contribution in [0, 0.1) is 11.8 Å². The van der Waals surface area contributed by atoms with E-state index in [2.05, 4.69) is 15.3 Å². The van der Waals surface area contributed by atoms with Gasteiger partial charge in [-0.3, -0.25) is 14.2 Å². The van der Waals surface area contributed by atoms with Gasteiger partial charge in [-0.2, -0.15) is 0 Å². The Balaban J connectivity index is 1.52. The van der Waals surface area contributed by atoms with Crippen molar-refractivity contribution in [1.82, 2.24) is 24.8 Å². The molecular weight excluding hydrogens is 342 g/mol. The number of nitrogens with one attached hydrogen (secondary N) is 1. The fourth-order valence-corrected chi connectivity index (χ4v) is 3.28. The summed E-state index contributed by atoms with van der Waals surface area (Å²) in [6.45, 7) is 5.68. The maximum absolute atomic E-state index is 12.6. The highest BCUT2D eigenvalue weighted by Gasteiger charge is 2.29. The largest absolute Gasteiger partial charge is 0.352 e. The molecule has 2 unspecified atom stereocenters. The van der Waals surface area contributed by atoms with E-state index in [9.17, 15) is 9.59 Å². The van der Waals surface area contributed by atoms with Gasteiger partial charge >= 0.3 is 0 Å². The van der Waals surface area contributed by atoms with E-state index < -0.39 is 0 Å². The fraction of sp³-hybridized carbons (Fsp3) is 0.500. The van der Waals surface area contributed by atoms with Gasteiger partial charge in [0.2, 0.25) is 11.8 Å². The first-order valence-corrected chi connectivity index (χ1v) is 9.58. The summed E-state index contributed by atoms with van der Waals surface area (Å²) in [5.74, 6) is 0.843. The van der Waals surface area contributed by atoms with E-state index >= 15 is 0 Å². The van der Waals surface area contributed by atoms with Crippen molar-refractivity contribution < 1.29 is 9.59 Å². The Labute approximate surface area is 159 Å². The first-order chi connectivity index (χ1) is 13.1. The van der Waals surface area contributed by atoms with E-state index in [0.29, 0.717) is 13.1 Å². The van der Waals surface area contributed by atoms with Crippen molar-refractivity contribution in [3.63, 3.8) is 0 Å². The number of amides is 2. The molecule has 1 N–H and O–H groups in total. The Morgan fingerprint density at radius 2 is 2.22 bits per heavy atom. The van der Waals surface area contributed by atoms with Crippen LogP contribution < -0.4 is 5.32 Å². The smallest absolute Gasteiger partial charge is 0.225 e. The van der Waals surface area contributed by atoms with Crippen LogP contribution >= 0.6 is 0 Å². The predicted molar refractivity (Wildman–Crippen MR) is 102 cm³/mol. The molecule has 1 aliphatic rings. The van der Waals surface area contributed by atoms with Crippen LogP contribution in [0.5, 0.6) is 0 Å². The molecule has 7 heteroatoms. The lowest BCUT2D eigenvalue weighted by molar-refractivity contribution is -0.139. The highest BCUT2D eigenvalue weighted by atomic mass is 16.2. The number of pyridine rings is 1. The molecule has 2 aromatic heterocycles. The zero-order valence-electron chi connectivity index (χ0n) is 16.0. The zero-order valence-corrected chi connectivity index (χ0v) is 16.0. The molecule has 1 fully saturated rings. The molecule has 0 radical (unpaired) electrons. The number of nitrogens with zero attached hydrogens (tertiary/aromatic N) is 4. The highest BCUT2D eigenvalue weighted by Crippen LogP contribution is 2.19. The summed E-state index contributed by atoms with van der Waals surface area (Å²) >= 11 is 0. The summed E-state index contributed by atoms with van der Waals surface area (Å²) in [5.41, 5.74) is 0.940. The standard InChI is InChI=1S/C20H27N5O2/c1-3-15(2)20(27)24-9-4-5-17(13-24)19(26)23-12-16-6-7-18(22-11-16)25-10-8-21-14-25/h6-8,10-11,14-15,17H,3-5,9,12-13H2,1-2H3,(H,23,26). The topological polar surface area (TPSA) is 80.1 Å². The maximum Gasteiger partial charge on any atom is 0.225 e. The van der Waals surface area contributed by atoms with Gasteiger partial charge in [0, 0.05) is 44.1 Å². The van der Waals surface area contributed by atoms with Crippen molar-refractivity contribution in [2.75, 3.05) is 13.1 Å². The third-order valence-electron chi connectivity index (χ3n) is 5.18. The van der Waals surface area contributed by atoms with Crippen molar-refractivity contribution >= 4 is 11.8 Å². The lowest BCUT2D eigenvalue weighted by Crippen LogP contribution is -2.46. The van der Waals surface area contributed by atoms with Crippen LogP contribution in [0.4, 0.5) is 0 Å². The minimum atomic E-state index is -0.134. The molecule has 0 saturated carbocycles. The zero-order chi connectivity index (χ0) is 19.2. The average Bonchev–Trinajstić information content (AvgIpc) is 3.26. The first kappa shape index (κ1) is 19.1. The van der Waals surface area contributed by atoms with Gasteiger partial charge < -0.3 is 10.2 Å². The van der Waals surface area contributed by atoms with Gasteiger partial charge in [0.15, 0.2) is 0 Å². The average molecular weight is 369 g/mol. The molecule has 2 amide bonds. The molecule has 0 bridgehead atoms. The van der Waals surface area contributed by atoms with Gasteiger partial charge in [0.25, 0.3) is 0 Å². The van der Waals surface area contributed by atoms with Crippen LogP contribution in [-0.2, 0) is 16.1 Å². The van der Waals surface area contributed by atoms with Crippen molar-refractivity contribution in [2.24, 2.45) is 11.8 Å². The second-order valence-corrected chi connectivity index (χ2v) is 7.15. The first-order valence-electron chi connectivity index (χ1n) is 9.58. The molecule has 0 aliphatic carbocycles. The van der Waals surface area contributed by atoms with Crippen LogP contribution in [0.2, 0.25) is 0 Å². The van der Waals surface area contributed by atoms with Gasteiger partial charge in [0.05, 0.1) is 5.92 Å². The van der Waals surface area contributed by atoms with Gasteiger partial charge in [-0.05, 0) is 30.9 Å². The van der Waals surface area contributed by atoms with E-state index in [4.69, 9.17) is 0 Å². The number of rotatable bonds is 6. The summed E-state index contributed by atoms with van der Waals surface area (Å²) in [7, 11) is 0. The number of piperidine rings is 1. The second kappa shape index (κ2) is 8.79. The lowest BCUT2D eigenvalue weighted by atomic mass is 9.95. The third-order valence-corrected chi connectivity index (χ3v) is 5.18. The van der Waals surface area contributed by atoms with Crippen molar-refractivity contribution in [3.05, 3.63) is 42.6 Å². The molecule has 7 nitrogen and oxygen atoms in total. The summed E-state index contributed by atoms with van der Waals surface area (Å²) in [5, 5.41) is 2.99. The van der Waals surface area contributed by atoms with Gasteiger partial charge in [-0.15, -0.1) is 0 Å².